The highest BCUT2D eigenvalue weighted by Crippen LogP contribution is 2.37. The average molecular weight is 467 g/mol. The number of hydrogen-bond donors (Lipinski definition) is 0. The van der Waals surface area contributed by atoms with Gasteiger partial charge < -0.3 is 0 Å². The fraction of sp³-hybridized carbons (Fsp3) is 0.400. The van der Waals surface area contributed by atoms with Gasteiger partial charge in [-0.05, 0) is 103 Å². The quantitative estimate of drug-likeness (QED) is 0.290. The molecule has 0 heterocycles. The molecule has 0 bridgehead atoms. The molecule has 0 aliphatic heterocycles. The van der Waals surface area contributed by atoms with Crippen LogP contribution in [0.2, 0.25) is 5.02 Å². The summed E-state index contributed by atoms with van der Waals surface area (Å²) >= 11 is 5.59. The first-order chi connectivity index (χ1) is 16.0. The Labute approximate surface area is 202 Å². The molecule has 0 spiro atoms. The van der Waals surface area contributed by atoms with Crippen molar-refractivity contribution in [3.8, 4) is 11.1 Å². The Bertz CT molecular complexity index is 1010. The van der Waals surface area contributed by atoms with Gasteiger partial charge in [0.2, 0.25) is 0 Å². The molecule has 33 heavy (non-hydrogen) atoms. The molecular formula is C30H33ClF2. The molecule has 1 aliphatic rings. The van der Waals surface area contributed by atoms with Crippen LogP contribution in [0.15, 0.2) is 60.7 Å². The van der Waals surface area contributed by atoms with Gasteiger partial charge in [0, 0.05) is 0 Å². The van der Waals surface area contributed by atoms with Crippen LogP contribution in [-0.4, -0.2) is 0 Å². The van der Waals surface area contributed by atoms with Crippen LogP contribution < -0.4 is 0 Å². The molecular weight excluding hydrogens is 434 g/mol. The van der Waals surface area contributed by atoms with Gasteiger partial charge in [0.1, 0.15) is 16.7 Å². The van der Waals surface area contributed by atoms with E-state index < -0.39 is 16.7 Å². The summed E-state index contributed by atoms with van der Waals surface area (Å²) in [7, 11) is 0. The maximum Gasteiger partial charge on any atom is 0.145 e. The lowest BCUT2D eigenvalue weighted by molar-refractivity contribution is 0.310. The number of halogens is 3. The van der Waals surface area contributed by atoms with Gasteiger partial charge in [-0.1, -0.05) is 73.5 Å². The monoisotopic (exact) mass is 466 g/mol. The third-order valence-electron chi connectivity index (χ3n) is 7.23. The SMILES string of the molecule is CCCCc1ccc(C2CCC(CCc3ccc(-c4cc(F)c(Cl)c(F)c4)cc3)CC2)cc1. The van der Waals surface area contributed by atoms with Crippen molar-refractivity contribution in [3.63, 3.8) is 0 Å². The van der Waals surface area contributed by atoms with E-state index in [0.29, 0.717) is 11.5 Å². The lowest BCUT2D eigenvalue weighted by atomic mass is 9.76. The maximum atomic E-state index is 13.8. The number of benzene rings is 3. The zero-order valence-electron chi connectivity index (χ0n) is 19.4. The van der Waals surface area contributed by atoms with E-state index in [2.05, 4.69) is 43.3 Å². The molecule has 0 atom stereocenters. The molecule has 0 amide bonds. The van der Waals surface area contributed by atoms with Crippen LogP contribution in [0.3, 0.4) is 0 Å². The van der Waals surface area contributed by atoms with Crippen LogP contribution in [0.5, 0.6) is 0 Å². The van der Waals surface area contributed by atoms with Crippen LogP contribution in [0.25, 0.3) is 11.1 Å². The highest BCUT2D eigenvalue weighted by molar-refractivity contribution is 6.31. The number of unbranched alkanes of at least 4 members (excludes halogenated alkanes) is 1. The molecule has 1 fully saturated rings. The number of aryl methyl sites for hydroxylation is 2. The molecule has 3 aromatic carbocycles. The van der Waals surface area contributed by atoms with Crippen molar-refractivity contribution < 1.29 is 8.78 Å². The smallest absolute Gasteiger partial charge is 0.145 e. The van der Waals surface area contributed by atoms with E-state index in [4.69, 9.17) is 11.6 Å². The van der Waals surface area contributed by atoms with Crippen molar-refractivity contribution in [2.24, 2.45) is 5.92 Å². The molecule has 3 aromatic rings. The summed E-state index contributed by atoms with van der Waals surface area (Å²) in [6.07, 6.45) is 11.1. The predicted octanol–water partition coefficient (Wildman–Crippen LogP) is 9.53. The molecule has 0 unspecified atom stereocenters. The summed E-state index contributed by atoms with van der Waals surface area (Å²) in [5.41, 5.74) is 5.57. The van der Waals surface area contributed by atoms with Gasteiger partial charge in [0.05, 0.1) is 0 Å². The Kier molecular flexibility index (Phi) is 8.20. The van der Waals surface area contributed by atoms with Gasteiger partial charge in [-0.15, -0.1) is 0 Å². The minimum absolute atomic E-state index is 0.450. The number of hydrogen-bond acceptors (Lipinski definition) is 0. The Morgan fingerprint density at radius 1 is 0.758 bits per heavy atom. The van der Waals surface area contributed by atoms with Gasteiger partial charge >= 0.3 is 0 Å². The molecule has 0 nitrogen and oxygen atoms in total. The second-order valence-corrected chi connectivity index (χ2v) is 9.93. The minimum Gasteiger partial charge on any atom is -0.205 e. The predicted molar refractivity (Wildman–Crippen MR) is 135 cm³/mol. The van der Waals surface area contributed by atoms with Crippen LogP contribution in [0.4, 0.5) is 8.78 Å². The van der Waals surface area contributed by atoms with Crippen molar-refractivity contribution in [2.45, 2.75) is 70.6 Å². The van der Waals surface area contributed by atoms with E-state index in [1.165, 1.54) is 80.2 Å². The van der Waals surface area contributed by atoms with Crippen molar-refractivity contribution >= 4 is 11.6 Å². The summed E-state index contributed by atoms with van der Waals surface area (Å²) in [5, 5.41) is -0.450. The lowest BCUT2D eigenvalue weighted by Gasteiger charge is -2.29. The first-order valence-corrected chi connectivity index (χ1v) is 12.7. The molecule has 3 heteroatoms. The molecule has 1 aliphatic carbocycles. The molecule has 4 rings (SSSR count). The van der Waals surface area contributed by atoms with E-state index in [9.17, 15) is 8.78 Å². The summed E-state index contributed by atoms with van der Waals surface area (Å²) in [6.45, 7) is 2.24. The topological polar surface area (TPSA) is 0 Å². The van der Waals surface area contributed by atoms with E-state index >= 15 is 0 Å². The molecule has 0 aromatic heterocycles. The summed E-state index contributed by atoms with van der Waals surface area (Å²) < 4.78 is 27.5. The third kappa shape index (κ3) is 6.23. The molecule has 0 N–H and O–H groups in total. The van der Waals surface area contributed by atoms with Crippen LogP contribution in [-0.2, 0) is 12.8 Å². The molecule has 1 saturated carbocycles. The van der Waals surface area contributed by atoms with Crippen molar-refractivity contribution in [2.75, 3.05) is 0 Å². The van der Waals surface area contributed by atoms with Gasteiger partial charge in [-0.3, -0.25) is 0 Å². The Hall–Kier alpha value is -2.19. The van der Waals surface area contributed by atoms with E-state index in [1.54, 1.807) is 0 Å². The van der Waals surface area contributed by atoms with Gasteiger partial charge in [0.25, 0.3) is 0 Å². The van der Waals surface area contributed by atoms with Gasteiger partial charge in [0.15, 0.2) is 0 Å². The van der Waals surface area contributed by atoms with E-state index in [0.717, 1.165) is 17.9 Å². The van der Waals surface area contributed by atoms with Crippen molar-refractivity contribution in [1.29, 1.82) is 0 Å². The largest absolute Gasteiger partial charge is 0.205 e. The summed E-state index contributed by atoms with van der Waals surface area (Å²) in [5.74, 6) is 0.0442. The van der Waals surface area contributed by atoms with Crippen molar-refractivity contribution in [3.05, 3.63) is 94.0 Å². The minimum atomic E-state index is -0.723. The molecule has 0 radical (unpaired) electrons. The van der Waals surface area contributed by atoms with Crippen LogP contribution in [0, 0.1) is 17.6 Å². The zero-order valence-corrected chi connectivity index (χ0v) is 20.2. The van der Waals surface area contributed by atoms with Gasteiger partial charge in [-0.25, -0.2) is 8.78 Å². The Morgan fingerprint density at radius 2 is 1.33 bits per heavy atom. The molecule has 174 valence electrons. The fourth-order valence-corrected chi connectivity index (χ4v) is 5.19. The van der Waals surface area contributed by atoms with Crippen molar-refractivity contribution in [1.82, 2.24) is 0 Å². The maximum absolute atomic E-state index is 13.8. The van der Waals surface area contributed by atoms with E-state index in [1.807, 2.05) is 12.1 Å². The first kappa shape index (κ1) is 24.0. The van der Waals surface area contributed by atoms with Crippen LogP contribution in [0.1, 0.15) is 74.5 Å². The zero-order chi connectivity index (χ0) is 23.2. The molecule has 0 saturated heterocycles. The highest BCUT2D eigenvalue weighted by atomic mass is 35.5. The Morgan fingerprint density at radius 3 is 1.94 bits per heavy atom. The normalized spacial score (nSPS) is 18.4. The second-order valence-electron chi connectivity index (χ2n) is 9.55. The second kappa shape index (κ2) is 11.3. The average Bonchev–Trinajstić information content (AvgIpc) is 2.85. The third-order valence-corrected chi connectivity index (χ3v) is 7.59. The summed E-state index contributed by atoms with van der Waals surface area (Å²) in [4.78, 5) is 0. The van der Waals surface area contributed by atoms with Crippen LogP contribution >= 0.6 is 11.6 Å². The summed E-state index contributed by atoms with van der Waals surface area (Å²) in [6, 6.07) is 20.0. The number of rotatable bonds is 8. The van der Waals surface area contributed by atoms with E-state index in [-0.39, 0.29) is 0 Å². The van der Waals surface area contributed by atoms with Gasteiger partial charge in [-0.2, -0.15) is 0 Å². The lowest BCUT2D eigenvalue weighted by Crippen LogP contribution is -2.14. The Balaban J connectivity index is 1.26. The standard InChI is InChI=1S/C30H33ClF2/c1-2-3-4-21-7-13-24(14-8-21)25-15-9-22(10-16-25)5-6-23-11-17-26(18-12-23)27-19-28(32)30(31)29(33)20-27/h7-8,11-14,17-20,22,25H,2-6,9-10,15-16H2,1H3. The first-order valence-electron chi connectivity index (χ1n) is 12.4. The highest BCUT2D eigenvalue weighted by Gasteiger charge is 2.22. The fourth-order valence-electron chi connectivity index (χ4n) is 5.08.